The first kappa shape index (κ1) is 23.0. The molecule has 0 aliphatic carbocycles. The summed E-state index contributed by atoms with van der Waals surface area (Å²) in [5.74, 6) is 2.29. The number of carbonyl (C=O) groups excluding carboxylic acids is 1. The van der Waals surface area contributed by atoms with Gasteiger partial charge in [0.1, 0.15) is 11.6 Å². The summed E-state index contributed by atoms with van der Waals surface area (Å²) in [7, 11) is 3.62. The summed E-state index contributed by atoms with van der Waals surface area (Å²) in [6.07, 6.45) is 1.84. The Morgan fingerprint density at radius 3 is 2.39 bits per heavy atom. The van der Waals surface area contributed by atoms with Crippen LogP contribution in [0.2, 0.25) is 0 Å². The normalized spacial score (nSPS) is 15.2. The van der Waals surface area contributed by atoms with E-state index >= 15 is 0 Å². The average Bonchev–Trinajstić information content (AvgIpc) is 2.76. The third-order valence-electron chi connectivity index (χ3n) is 6.37. The topological polar surface area (TPSA) is 52.6 Å². The van der Waals surface area contributed by atoms with E-state index in [4.69, 9.17) is 9.97 Å². The second kappa shape index (κ2) is 9.67. The first-order valence-corrected chi connectivity index (χ1v) is 11.4. The van der Waals surface area contributed by atoms with Crippen molar-refractivity contribution in [2.45, 2.75) is 53.4 Å². The van der Waals surface area contributed by atoms with Crippen LogP contribution < -0.4 is 4.90 Å². The van der Waals surface area contributed by atoms with Gasteiger partial charge in [0.2, 0.25) is 0 Å². The zero-order valence-electron chi connectivity index (χ0n) is 20.2. The van der Waals surface area contributed by atoms with Crippen LogP contribution in [0.15, 0.2) is 18.2 Å². The number of hydrogen-bond acceptors (Lipinski definition) is 4. The van der Waals surface area contributed by atoms with Crippen LogP contribution in [0, 0.1) is 20.8 Å². The number of anilines is 1. The van der Waals surface area contributed by atoms with E-state index in [2.05, 4.69) is 57.7 Å². The van der Waals surface area contributed by atoms with Gasteiger partial charge in [0.05, 0.1) is 0 Å². The summed E-state index contributed by atoms with van der Waals surface area (Å²) in [5.41, 5.74) is 6.16. The Morgan fingerprint density at radius 1 is 1.10 bits per heavy atom. The van der Waals surface area contributed by atoms with Gasteiger partial charge < -0.3 is 14.7 Å². The van der Waals surface area contributed by atoms with Gasteiger partial charge in [-0.2, -0.15) is 0 Å². The maximum atomic E-state index is 12.4. The third kappa shape index (κ3) is 5.17. The van der Waals surface area contributed by atoms with Crippen LogP contribution in [-0.2, 0) is 6.42 Å². The SMILES string of the molecule is CC[C@@H](C)c1nc(C)c(Cc2cc(C)ccc2C)c(N2CCN(C(=O)N(C)C)CC2)n1. The highest BCUT2D eigenvalue weighted by Gasteiger charge is 2.26. The molecule has 6 nitrogen and oxygen atoms in total. The Hall–Kier alpha value is -2.63. The molecule has 31 heavy (non-hydrogen) atoms. The summed E-state index contributed by atoms with van der Waals surface area (Å²) in [6.45, 7) is 13.8. The number of hydrogen-bond donors (Lipinski definition) is 0. The van der Waals surface area contributed by atoms with E-state index in [9.17, 15) is 4.79 Å². The predicted octanol–water partition coefficient (Wildman–Crippen LogP) is 4.31. The highest BCUT2D eigenvalue weighted by Crippen LogP contribution is 2.29. The second-order valence-electron chi connectivity index (χ2n) is 9.04. The van der Waals surface area contributed by atoms with E-state index in [1.54, 1.807) is 4.90 Å². The molecule has 0 unspecified atom stereocenters. The molecule has 1 aromatic heterocycles. The van der Waals surface area contributed by atoms with Crippen LogP contribution in [0.25, 0.3) is 0 Å². The van der Waals surface area contributed by atoms with Gasteiger partial charge in [-0.3, -0.25) is 0 Å². The molecule has 1 atom stereocenters. The second-order valence-corrected chi connectivity index (χ2v) is 9.04. The first-order valence-electron chi connectivity index (χ1n) is 11.4. The van der Waals surface area contributed by atoms with E-state index in [-0.39, 0.29) is 6.03 Å². The van der Waals surface area contributed by atoms with Crippen LogP contribution in [0.5, 0.6) is 0 Å². The minimum atomic E-state index is 0.0782. The van der Waals surface area contributed by atoms with Crippen molar-refractivity contribution in [1.29, 1.82) is 0 Å². The van der Waals surface area contributed by atoms with Crippen molar-refractivity contribution in [1.82, 2.24) is 19.8 Å². The summed E-state index contributed by atoms with van der Waals surface area (Å²) >= 11 is 0. The Bertz CT molecular complexity index is 932. The fourth-order valence-corrected chi connectivity index (χ4v) is 4.05. The van der Waals surface area contributed by atoms with E-state index in [1.165, 1.54) is 22.3 Å². The quantitative estimate of drug-likeness (QED) is 0.719. The maximum Gasteiger partial charge on any atom is 0.319 e. The molecule has 0 spiro atoms. The zero-order chi connectivity index (χ0) is 22.7. The van der Waals surface area contributed by atoms with Gasteiger partial charge in [-0.1, -0.05) is 37.6 Å². The van der Waals surface area contributed by atoms with Crippen molar-refractivity contribution in [3.8, 4) is 0 Å². The van der Waals surface area contributed by atoms with Gasteiger partial charge in [0.15, 0.2) is 0 Å². The maximum absolute atomic E-state index is 12.4. The molecule has 0 radical (unpaired) electrons. The van der Waals surface area contributed by atoms with Crippen molar-refractivity contribution >= 4 is 11.8 Å². The minimum Gasteiger partial charge on any atom is -0.353 e. The Balaban J connectivity index is 1.96. The van der Waals surface area contributed by atoms with E-state index < -0.39 is 0 Å². The molecule has 0 bridgehead atoms. The van der Waals surface area contributed by atoms with Gasteiger partial charge in [-0.05, 0) is 38.3 Å². The number of piperazine rings is 1. The highest BCUT2D eigenvalue weighted by atomic mass is 16.2. The number of amides is 2. The number of aryl methyl sites for hydroxylation is 3. The van der Waals surface area contributed by atoms with Crippen molar-refractivity contribution in [3.63, 3.8) is 0 Å². The number of aromatic nitrogens is 2. The standard InChI is InChI=1S/C25H37N5O/c1-8-18(3)23-26-20(5)22(16-21-15-17(2)9-10-19(21)4)24(27-23)29-11-13-30(14-12-29)25(31)28(6)7/h9-10,15,18H,8,11-14,16H2,1-7H3/t18-/m1/s1. The molecule has 168 valence electrons. The largest absolute Gasteiger partial charge is 0.353 e. The Labute approximate surface area is 187 Å². The van der Waals surface area contributed by atoms with Crippen molar-refractivity contribution in [2.75, 3.05) is 45.2 Å². The fourth-order valence-electron chi connectivity index (χ4n) is 4.05. The zero-order valence-corrected chi connectivity index (χ0v) is 20.2. The van der Waals surface area contributed by atoms with Crippen molar-refractivity contribution in [2.24, 2.45) is 0 Å². The summed E-state index contributed by atoms with van der Waals surface area (Å²) < 4.78 is 0. The number of carbonyl (C=O) groups is 1. The average molecular weight is 424 g/mol. The van der Waals surface area contributed by atoms with E-state index in [1.807, 2.05) is 19.0 Å². The molecule has 0 N–H and O–H groups in total. The summed E-state index contributed by atoms with van der Waals surface area (Å²) in [5, 5.41) is 0. The number of nitrogens with zero attached hydrogens (tertiary/aromatic N) is 5. The van der Waals surface area contributed by atoms with Gasteiger partial charge in [0, 0.05) is 63.9 Å². The van der Waals surface area contributed by atoms with Gasteiger partial charge in [-0.15, -0.1) is 0 Å². The molecule has 1 fully saturated rings. The third-order valence-corrected chi connectivity index (χ3v) is 6.37. The molecule has 1 saturated heterocycles. The van der Waals surface area contributed by atoms with Gasteiger partial charge in [0.25, 0.3) is 0 Å². The molecule has 1 aromatic carbocycles. The van der Waals surface area contributed by atoms with E-state index in [0.717, 1.165) is 43.3 Å². The lowest BCUT2D eigenvalue weighted by Gasteiger charge is -2.37. The first-order chi connectivity index (χ1) is 14.7. The molecule has 2 aromatic rings. The molecule has 2 heterocycles. The van der Waals surface area contributed by atoms with Crippen molar-refractivity contribution < 1.29 is 4.79 Å². The smallest absolute Gasteiger partial charge is 0.319 e. The molecular weight excluding hydrogens is 386 g/mol. The van der Waals surface area contributed by atoms with Gasteiger partial charge >= 0.3 is 6.03 Å². The summed E-state index contributed by atoms with van der Waals surface area (Å²) in [4.78, 5) is 28.3. The molecule has 1 aliphatic heterocycles. The lowest BCUT2D eigenvalue weighted by Crippen LogP contribution is -2.52. The molecule has 2 amide bonds. The van der Waals surface area contributed by atoms with Crippen LogP contribution in [0.1, 0.15) is 60.0 Å². The van der Waals surface area contributed by atoms with Crippen LogP contribution in [0.3, 0.4) is 0 Å². The molecular formula is C25H37N5O. The van der Waals surface area contributed by atoms with E-state index in [0.29, 0.717) is 19.0 Å². The lowest BCUT2D eigenvalue weighted by atomic mass is 9.97. The molecule has 1 aliphatic rings. The number of urea groups is 1. The predicted molar refractivity (Wildman–Crippen MR) is 127 cm³/mol. The van der Waals surface area contributed by atoms with Crippen molar-refractivity contribution in [3.05, 3.63) is 52.0 Å². The van der Waals surface area contributed by atoms with Gasteiger partial charge in [-0.25, -0.2) is 14.8 Å². The van der Waals surface area contributed by atoms with Crippen LogP contribution >= 0.6 is 0 Å². The summed E-state index contributed by atoms with van der Waals surface area (Å²) in [6, 6.07) is 6.71. The van der Waals surface area contributed by atoms with Crippen LogP contribution in [0.4, 0.5) is 10.6 Å². The Morgan fingerprint density at radius 2 is 1.77 bits per heavy atom. The molecule has 0 saturated carbocycles. The highest BCUT2D eigenvalue weighted by molar-refractivity contribution is 5.74. The lowest BCUT2D eigenvalue weighted by molar-refractivity contribution is 0.168. The number of rotatable bonds is 5. The Kier molecular flexibility index (Phi) is 7.19. The minimum absolute atomic E-state index is 0.0782. The molecule has 6 heteroatoms. The fraction of sp³-hybridized carbons (Fsp3) is 0.560. The monoisotopic (exact) mass is 423 g/mol. The molecule has 3 rings (SSSR count). The number of benzene rings is 1. The van der Waals surface area contributed by atoms with Crippen LogP contribution in [-0.4, -0.2) is 66.1 Å².